The van der Waals surface area contributed by atoms with Crippen molar-refractivity contribution in [1.82, 2.24) is 20.8 Å². The van der Waals surface area contributed by atoms with Crippen molar-refractivity contribution in [3.8, 4) is 11.5 Å². The zero-order chi connectivity index (χ0) is 16.2. The molecule has 130 valence electrons. The van der Waals surface area contributed by atoms with E-state index < -0.39 is 0 Å². The number of rotatable bonds is 4. The number of nitrogens with zero attached hydrogens (tertiary/aromatic N) is 2. The van der Waals surface area contributed by atoms with Crippen LogP contribution in [0, 0.1) is 0 Å². The van der Waals surface area contributed by atoms with Crippen LogP contribution in [0.3, 0.4) is 0 Å². The highest BCUT2D eigenvalue weighted by Crippen LogP contribution is 2.19. The smallest absolute Gasteiger partial charge is 0.257 e. The number of morpholine rings is 1. The van der Waals surface area contributed by atoms with Crippen LogP contribution in [-0.2, 0) is 9.53 Å². The lowest BCUT2D eigenvalue weighted by Crippen LogP contribution is -2.55. The normalized spacial score (nSPS) is 21.6. The maximum atomic E-state index is 12.3. The van der Waals surface area contributed by atoms with Gasteiger partial charge in [-0.1, -0.05) is 23.4 Å². The molecule has 3 rings (SSSR count). The van der Waals surface area contributed by atoms with Gasteiger partial charge in [-0.05, 0) is 26.0 Å². The second-order valence-electron chi connectivity index (χ2n) is 5.56. The molecule has 1 aromatic heterocycles. The van der Waals surface area contributed by atoms with Gasteiger partial charge in [-0.2, -0.15) is 4.98 Å². The second kappa shape index (κ2) is 8.23. The highest BCUT2D eigenvalue weighted by Gasteiger charge is 2.30. The Balaban J connectivity index is 0.00000208. The molecule has 0 radical (unpaired) electrons. The first-order chi connectivity index (χ1) is 11.1. The van der Waals surface area contributed by atoms with Crippen molar-refractivity contribution < 1.29 is 14.1 Å². The number of carbonyl (C=O) groups excluding carboxylic acids is 1. The van der Waals surface area contributed by atoms with Crippen LogP contribution in [0.15, 0.2) is 34.9 Å². The van der Waals surface area contributed by atoms with Crippen LogP contribution < -0.4 is 10.6 Å². The summed E-state index contributed by atoms with van der Waals surface area (Å²) in [5, 5.41) is 10.0. The molecule has 0 saturated carbocycles. The van der Waals surface area contributed by atoms with E-state index >= 15 is 0 Å². The zero-order valence-corrected chi connectivity index (χ0v) is 14.4. The maximum Gasteiger partial charge on any atom is 0.257 e. The van der Waals surface area contributed by atoms with E-state index in [0.29, 0.717) is 24.9 Å². The van der Waals surface area contributed by atoms with Crippen LogP contribution in [0.2, 0.25) is 0 Å². The average Bonchev–Trinajstić information content (AvgIpc) is 3.06. The van der Waals surface area contributed by atoms with Gasteiger partial charge in [-0.25, -0.2) is 0 Å². The molecule has 2 aromatic rings. The van der Waals surface area contributed by atoms with E-state index in [9.17, 15) is 4.79 Å². The van der Waals surface area contributed by atoms with Crippen LogP contribution in [0.25, 0.3) is 11.5 Å². The molecular weight excluding hydrogens is 332 g/mol. The van der Waals surface area contributed by atoms with Crippen molar-refractivity contribution >= 4 is 18.3 Å². The Morgan fingerprint density at radius 3 is 2.83 bits per heavy atom. The molecule has 7 nitrogen and oxygen atoms in total. The predicted octanol–water partition coefficient (Wildman–Crippen LogP) is 1.71. The predicted molar refractivity (Wildman–Crippen MR) is 90.7 cm³/mol. The SMILES string of the molecule is CC(NC(=O)[C@H]1NCCO[C@@H]1C)c1noc(-c2ccccc2)n1.Cl. The van der Waals surface area contributed by atoms with Gasteiger partial charge >= 0.3 is 0 Å². The van der Waals surface area contributed by atoms with E-state index in [1.54, 1.807) is 0 Å². The van der Waals surface area contributed by atoms with E-state index in [-0.39, 0.29) is 36.5 Å². The fourth-order valence-electron chi connectivity index (χ4n) is 2.50. The molecule has 2 N–H and O–H groups in total. The molecule has 0 bridgehead atoms. The Morgan fingerprint density at radius 1 is 1.38 bits per heavy atom. The molecule has 24 heavy (non-hydrogen) atoms. The molecule has 1 saturated heterocycles. The summed E-state index contributed by atoms with van der Waals surface area (Å²) in [5.74, 6) is 0.756. The van der Waals surface area contributed by atoms with Gasteiger partial charge in [-0.15, -0.1) is 12.4 Å². The third kappa shape index (κ3) is 4.11. The van der Waals surface area contributed by atoms with Crippen molar-refractivity contribution in [3.63, 3.8) is 0 Å². The lowest BCUT2D eigenvalue weighted by molar-refractivity contribution is -0.129. The van der Waals surface area contributed by atoms with Crippen molar-refractivity contribution in [3.05, 3.63) is 36.2 Å². The van der Waals surface area contributed by atoms with Crippen molar-refractivity contribution in [2.45, 2.75) is 32.0 Å². The number of nitrogens with one attached hydrogen (secondary N) is 2. The van der Waals surface area contributed by atoms with Gasteiger partial charge < -0.3 is 19.9 Å². The molecule has 1 amide bonds. The van der Waals surface area contributed by atoms with Gasteiger partial charge in [0, 0.05) is 12.1 Å². The summed E-state index contributed by atoms with van der Waals surface area (Å²) >= 11 is 0. The van der Waals surface area contributed by atoms with Crippen LogP contribution in [-0.4, -0.2) is 41.3 Å². The first-order valence-corrected chi connectivity index (χ1v) is 7.69. The third-order valence-electron chi connectivity index (χ3n) is 3.81. The number of hydrogen-bond acceptors (Lipinski definition) is 6. The fourth-order valence-corrected chi connectivity index (χ4v) is 2.50. The Bertz CT molecular complexity index is 664. The summed E-state index contributed by atoms with van der Waals surface area (Å²) in [6.07, 6.45) is -0.166. The number of aromatic nitrogens is 2. The minimum Gasteiger partial charge on any atom is -0.375 e. The summed E-state index contributed by atoms with van der Waals surface area (Å²) in [4.78, 5) is 16.7. The second-order valence-corrected chi connectivity index (χ2v) is 5.56. The molecule has 1 aliphatic rings. The number of hydrogen-bond donors (Lipinski definition) is 2. The summed E-state index contributed by atoms with van der Waals surface area (Å²) in [6, 6.07) is 8.80. The molecular formula is C16H21ClN4O3. The standard InChI is InChI=1S/C16H20N4O3.ClH/c1-10(18-15(21)13-11(2)22-9-8-17-13)14-19-16(23-20-14)12-6-4-3-5-7-12;/h3-7,10-11,13,17H,8-9H2,1-2H3,(H,18,21);1H/t10?,11-,13+;/m1./s1. The Hall–Kier alpha value is -1.96. The van der Waals surface area contributed by atoms with Crippen LogP contribution in [0.1, 0.15) is 25.7 Å². The van der Waals surface area contributed by atoms with E-state index in [0.717, 1.165) is 5.56 Å². The number of carbonyl (C=O) groups is 1. The zero-order valence-electron chi connectivity index (χ0n) is 13.6. The van der Waals surface area contributed by atoms with Crippen LogP contribution in [0.4, 0.5) is 0 Å². The summed E-state index contributed by atoms with van der Waals surface area (Å²) < 4.78 is 10.8. The molecule has 3 atom stereocenters. The van der Waals surface area contributed by atoms with E-state index in [1.165, 1.54) is 0 Å². The summed E-state index contributed by atoms with van der Waals surface area (Å²) in [7, 11) is 0. The minimum atomic E-state index is -0.369. The van der Waals surface area contributed by atoms with Gasteiger partial charge in [-0.3, -0.25) is 4.79 Å². The largest absolute Gasteiger partial charge is 0.375 e. The number of benzene rings is 1. The lowest BCUT2D eigenvalue weighted by atomic mass is 10.1. The van der Waals surface area contributed by atoms with Crippen molar-refractivity contribution in [2.75, 3.05) is 13.2 Å². The Kier molecular flexibility index (Phi) is 6.30. The van der Waals surface area contributed by atoms with Gasteiger partial charge in [0.2, 0.25) is 5.91 Å². The molecule has 8 heteroatoms. The van der Waals surface area contributed by atoms with Crippen molar-refractivity contribution in [1.29, 1.82) is 0 Å². The quantitative estimate of drug-likeness (QED) is 0.870. The Morgan fingerprint density at radius 2 is 2.12 bits per heavy atom. The minimum absolute atomic E-state index is 0. The lowest BCUT2D eigenvalue weighted by Gasteiger charge is -2.29. The summed E-state index contributed by atoms with van der Waals surface area (Å²) in [5.41, 5.74) is 0.848. The average molecular weight is 353 g/mol. The molecule has 1 fully saturated rings. The van der Waals surface area contributed by atoms with Crippen molar-refractivity contribution in [2.24, 2.45) is 0 Å². The van der Waals surface area contributed by atoms with Crippen LogP contribution in [0.5, 0.6) is 0 Å². The van der Waals surface area contributed by atoms with E-state index in [1.807, 2.05) is 44.2 Å². The topological polar surface area (TPSA) is 89.3 Å². The first-order valence-electron chi connectivity index (χ1n) is 7.69. The van der Waals surface area contributed by atoms with Gasteiger partial charge in [0.05, 0.1) is 18.8 Å². The maximum absolute atomic E-state index is 12.3. The number of amides is 1. The van der Waals surface area contributed by atoms with Gasteiger partial charge in [0.15, 0.2) is 5.82 Å². The van der Waals surface area contributed by atoms with Gasteiger partial charge in [0.25, 0.3) is 5.89 Å². The molecule has 2 heterocycles. The molecule has 1 aromatic carbocycles. The summed E-state index contributed by atoms with van der Waals surface area (Å²) in [6.45, 7) is 4.98. The van der Waals surface area contributed by atoms with E-state index in [2.05, 4.69) is 20.8 Å². The first kappa shape index (κ1) is 18.4. The number of ether oxygens (including phenoxy) is 1. The van der Waals surface area contributed by atoms with E-state index in [4.69, 9.17) is 9.26 Å². The monoisotopic (exact) mass is 352 g/mol. The highest BCUT2D eigenvalue weighted by molar-refractivity contribution is 5.85. The Labute approximate surface area is 146 Å². The van der Waals surface area contributed by atoms with Crippen LogP contribution >= 0.6 is 12.4 Å². The molecule has 1 aliphatic heterocycles. The fraction of sp³-hybridized carbons (Fsp3) is 0.438. The highest BCUT2D eigenvalue weighted by atomic mass is 35.5. The molecule has 0 spiro atoms. The molecule has 0 aliphatic carbocycles. The molecule has 1 unspecified atom stereocenters. The number of halogens is 1. The third-order valence-corrected chi connectivity index (χ3v) is 3.81. The van der Waals surface area contributed by atoms with Gasteiger partial charge in [0.1, 0.15) is 6.04 Å².